The molecule has 0 radical (unpaired) electrons. The van der Waals surface area contributed by atoms with Crippen molar-refractivity contribution in [1.82, 2.24) is 10.1 Å². The van der Waals surface area contributed by atoms with Gasteiger partial charge in [0.15, 0.2) is 5.82 Å². The van der Waals surface area contributed by atoms with E-state index < -0.39 is 6.10 Å². The Morgan fingerprint density at radius 3 is 3.00 bits per heavy atom. The van der Waals surface area contributed by atoms with E-state index in [-0.39, 0.29) is 11.9 Å². The highest BCUT2D eigenvalue weighted by molar-refractivity contribution is 5.91. The lowest BCUT2D eigenvalue weighted by atomic mass is 10.3. The molecule has 1 amide bonds. The maximum atomic E-state index is 11.6. The van der Waals surface area contributed by atoms with E-state index in [1.54, 1.807) is 13.8 Å². The molecule has 0 spiro atoms. The molecular formula is C10H15N3O3. The number of amides is 1. The number of anilines is 1. The summed E-state index contributed by atoms with van der Waals surface area (Å²) in [6.45, 7) is 4.05. The minimum atomic E-state index is -0.493. The van der Waals surface area contributed by atoms with Gasteiger partial charge in [-0.15, -0.1) is 0 Å². The highest BCUT2D eigenvalue weighted by atomic mass is 16.5. The van der Waals surface area contributed by atoms with Gasteiger partial charge in [0, 0.05) is 0 Å². The number of carbonyl (C=O) groups is 1. The molecule has 2 rings (SSSR count). The second kappa shape index (κ2) is 4.61. The number of hydrogen-bond donors (Lipinski definition) is 1. The Hall–Kier alpha value is -1.43. The van der Waals surface area contributed by atoms with Crippen LogP contribution in [-0.4, -0.2) is 28.8 Å². The van der Waals surface area contributed by atoms with E-state index in [4.69, 9.17) is 9.26 Å². The van der Waals surface area contributed by atoms with Crippen LogP contribution in [0.3, 0.4) is 0 Å². The van der Waals surface area contributed by atoms with Crippen molar-refractivity contribution in [1.29, 1.82) is 0 Å². The predicted octanol–water partition coefficient (Wildman–Crippen LogP) is 1.13. The summed E-state index contributed by atoms with van der Waals surface area (Å²) in [5.41, 5.74) is 0. The van der Waals surface area contributed by atoms with Gasteiger partial charge in [-0.25, -0.2) is 0 Å². The van der Waals surface area contributed by atoms with E-state index in [0.717, 1.165) is 0 Å². The number of hydrogen-bond acceptors (Lipinski definition) is 5. The fraction of sp³-hybridized carbons (Fsp3) is 0.700. The fourth-order valence-corrected chi connectivity index (χ4v) is 1.20. The minimum Gasteiger partial charge on any atom is -0.368 e. The van der Waals surface area contributed by atoms with Crippen molar-refractivity contribution in [2.75, 3.05) is 11.9 Å². The van der Waals surface area contributed by atoms with E-state index in [1.807, 2.05) is 0 Å². The lowest BCUT2D eigenvalue weighted by molar-refractivity contribution is -0.126. The van der Waals surface area contributed by atoms with Crippen LogP contribution in [0.5, 0.6) is 0 Å². The SMILES string of the molecule is Cc1noc(NC(=O)C(C)OCC2CC2)n1. The molecule has 1 aliphatic rings. The molecular weight excluding hydrogens is 210 g/mol. The third-order valence-corrected chi connectivity index (χ3v) is 2.41. The summed E-state index contributed by atoms with van der Waals surface area (Å²) in [6, 6.07) is 0.115. The van der Waals surface area contributed by atoms with E-state index >= 15 is 0 Å². The molecule has 1 unspecified atom stereocenters. The van der Waals surface area contributed by atoms with Gasteiger partial charge in [-0.2, -0.15) is 4.98 Å². The highest BCUT2D eigenvalue weighted by Gasteiger charge is 2.24. The van der Waals surface area contributed by atoms with E-state index in [9.17, 15) is 4.79 Å². The van der Waals surface area contributed by atoms with E-state index in [2.05, 4.69) is 15.5 Å². The van der Waals surface area contributed by atoms with Crippen LogP contribution in [0.15, 0.2) is 4.52 Å². The summed E-state index contributed by atoms with van der Waals surface area (Å²) >= 11 is 0. The second-order valence-electron chi connectivity index (χ2n) is 4.05. The molecule has 1 aromatic heterocycles. The van der Waals surface area contributed by atoms with Crippen LogP contribution >= 0.6 is 0 Å². The van der Waals surface area contributed by atoms with Crippen LogP contribution in [0.2, 0.25) is 0 Å². The average Bonchev–Trinajstić information content (AvgIpc) is 2.99. The number of ether oxygens (including phenoxy) is 1. The van der Waals surface area contributed by atoms with Crippen molar-refractivity contribution in [3.05, 3.63) is 5.82 Å². The Balaban J connectivity index is 1.77. The normalized spacial score (nSPS) is 17.1. The predicted molar refractivity (Wildman–Crippen MR) is 55.8 cm³/mol. The summed E-state index contributed by atoms with van der Waals surface area (Å²) < 4.78 is 10.2. The fourth-order valence-electron chi connectivity index (χ4n) is 1.20. The zero-order valence-electron chi connectivity index (χ0n) is 9.40. The number of carbonyl (C=O) groups excluding carboxylic acids is 1. The zero-order chi connectivity index (χ0) is 11.5. The molecule has 1 N–H and O–H groups in total. The Kier molecular flexibility index (Phi) is 3.19. The first-order valence-electron chi connectivity index (χ1n) is 5.38. The molecule has 1 atom stereocenters. The first-order chi connectivity index (χ1) is 7.65. The molecule has 0 saturated heterocycles. The highest BCUT2D eigenvalue weighted by Crippen LogP contribution is 2.29. The summed E-state index contributed by atoms with van der Waals surface area (Å²) in [5, 5.41) is 6.07. The molecule has 88 valence electrons. The Morgan fingerprint density at radius 2 is 2.44 bits per heavy atom. The Labute approximate surface area is 93.4 Å². The minimum absolute atomic E-state index is 0.115. The number of aryl methyl sites for hydroxylation is 1. The maximum absolute atomic E-state index is 11.6. The largest absolute Gasteiger partial charge is 0.368 e. The van der Waals surface area contributed by atoms with Gasteiger partial charge in [-0.05, 0) is 32.6 Å². The van der Waals surface area contributed by atoms with Crippen molar-refractivity contribution in [2.24, 2.45) is 5.92 Å². The lowest BCUT2D eigenvalue weighted by Crippen LogP contribution is -2.28. The van der Waals surface area contributed by atoms with Gasteiger partial charge >= 0.3 is 6.01 Å². The summed E-state index contributed by atoms with van der Waals surface area (Å²) in [5.74, 6) is 0.868. The molecule has 1 aliphatic carbocycles. The number of nitrogens with one attached hydrogen (secondary N) is 1. The molecule has 1 aromatic rings. The molecule has 6 heteroatoms. The molecule has 1 saturated carbocycles. The lowest BCUT2D eigenvalue weighted by Gasteiger charge is -2.10. The van der Waals surface area contributed by atoms with Crippen molar-refractivity contribution >= 4 is 11.9 Å². The average molecular weight is 225 g/mol. The molecule has 0 bridgehead atoms. The number of aromatic nitrogens is 2. The van der Waals surface area contributed by atoms with Crippen LogP contribution in [0, 0.1) is 12.8 Å². The van der Waals surface area contributed by atoms with Crippen molar-refractivity contribution in [2.45, 2.75) is 32.8 Å². The molecule has 1 fully saturated rings. The van der Waals surface area contributed by atoms with Crippen LogP contribution in [0.4, 0.5) is 6.01 Å². The van der Waals surface area contributed by atoms with Crippen molar-refractivity contribution in [3.8, 4) is 0 Å². The van der Waals surface area contributed by atoms with Crippen LogP contribution in [0.1, 0.15) is 25.6 Å². The van der Waals surface area contributed by atoms with Crippen LogP contribution < -0.4 is 5.32 Å². The quantitative estimate of drug-likeness (QED) is 0.812. The second-order valence-corrected chi connectivity index (χ2v) is 4.05. The summed E-state index contributed by atoms with van der Waals surface area (Å²) in [4.78, 5) is 15.5. The van der Waals surface area contributed by atoms with Gasteiger partial charge in [0.2, 0.25) is 0 Å². The van der Waals surface area contributed by atoms with Gasteiger partial charge in [0.25, 0.3) is 5.91 Å². The van der Waals surface area contributed by atoms with Crippen molar-refractivity contribution < 1.29 is 14.1 Å². The number of rotatable bonds is 5. The third kappa shape index (κ3) is 3.03. The Morgan fingerprint density at radius 1 is 1.69 bits per heavy atom. The molecule has 1 heterocycles. The van der Waals surface area contributed by atoms with E-state index in [1.165, 1.54) is 12.8 Å². The molecule has 0 aromatic carbocycles. The summed E-state index contributed by atoms with van der Waals surface area (Å²) in [6.07, 6.45) is 1.92. The first-order valence-corrected chi connectivity index (χ1v) is 5.38. The Bertz CT molecular complexity index is 373. The maximum Gasteiger partial charge on any atom is 0.328 e. The first kappa shape index (κ1) is 11.1. The molecule has 0 aliphatic heterocycles. The van der Waals surface area contributed by atoms with Crippen LogP contribution in [0.25, 0.3) is 0 Å². The van der Waals surface area contributed by atoms with Crippen molar-refractivity contribution in [3.63, 3.8) is 0 Å². The third-order valence-electron chi connectivity index (χ3n) is 2.41. The molecule has 16 heavy (non-hydrogen) atoms. The van der Waals surface area contributed by atoms with Gasteiger partial charge < -0.3 is 9.26 Å². The zero-order valence-corrected chi connectivity index (χ0v) is 9.40. The topological polar surface area (TPSA) is 77.2 Å². The van der Waals surface area contributed by atoms with Gasteiger partial charge in [0.1, 0.15) is 6.10 Å². The van der Waals surface area contributed by atoms with E-state index in [0.29, 0.717) is 18.3 Å². The smallest absolute Gasteiger partial charge is 0.328 e. The monoisotopic (exact) mass is 225 g/mol. The standard InChI is InChI=1S/C10H15N3O3/c1-6(15-5-8-3-4-8)9(14)12-10-11-7(2)13-16-10/h6,8H,3-5H2,1-2H3,(H,11,12,13,14). The van der Waals surface area contributed by atoms with Crippen LogP contribution in [-0.2, 0) is 9.53 Å². The van der Waals surface area contributed by atoms with Gasteiger partial charge in [-0.1, -0.05) is 5.16 Å². The molecule has 6 nitrogen and oxygen atoms in total. The number of nitrogens with zero attached hydrogens (tertiary/aromatic N) is 2. The van der Waals surface area contributed by atoms with Gasteiger partial charge in [-0.3, -0.25) is 10.1 Å². The van der Waals surface area contributed by atoms with Gasteiger partial charge in [0.05, 0.1) is 6.61 Å². The summed E-state index contributed by atoms with van der Waals surface area (Å²) in [7, 11) is 0.